The van der Waals surface area contributed by atoms with E-state index in [2.05, 4.69) is 25.9 Å². The van der Waals surface area contributed by atoms with E-state index in [1.807, 2.05) is 68.4 Å². The van der Waals surface area contributed by atoms with Crippen molar-refractivity contribution in [2.24, 2.45) is 0 Å². The van der Waals surface area contributed by atoms with E-state index in [-0.39, 0.29) is 5.91 Å². The van der Waals surface area contributed by atoms with Gasteiger partial charge in [0.2, 0.25) is 5.91 Å². The Kier molecular flexibility index (Phi) is 6.09. The first-order valence-corrected chi connectivity index (χ1v) is 9.26. The first kappa shape index (κ1) is 20.3. The van der Waals surface area contributed by atoms with E-state index in [0.717, 1.165) is 28.4 Å². The highest BCUT2D eigenvalue weighted by molar-refractivity contribution is 5.97. The summed E-state index contributed by atoms with van der Waals surface area (Å²) in [5.41, 5.74) is 2.58. The molecule has 7 nitrogen and oxygen atoms in total. The molecule has 2 aromatic carbocycles. The highest BCUT2D eigenvalue weighted by Gasteiger charge is 2.24. The maximum Gasteiger partial charge on any atom is 0.244 e. The van der Waals surface area contributed by atoms with E-state index in [4.69, 9.17) is 4.74 Å². The van der Waals surface area contributed by atoms with Gasteiger partial charge in [0.1, 0.15) is 17.9 Å². The molecule has 0 saturated heterocycles. The second kappa shape index (κ2) is 8.70. The predicted octanol–water partition coefficient (Wildman–Crippen LogP) is 3.83. The van der Waals surface area contributed by atoms with Crippen molar-refractivity contribution in [1.82, 2.24) is 15.3 Å². The zero-order valence-corrected chi connectivity index (χ0v) is 17.0. The largest absolute Gasteiger partial charge is 0.496 e. The van der Waals surface area contributed by atoms with Crippen molar-refractivity contribution in [3.05, 3.63) is 60.9 Å². The number of hydrogen-bond donors (Lipinski definition) is 3. The lowest BCUT2D eigenvalue weighted by Gasteiger charge is -2.22. The molecule has 0 unspecified atom stereocenters. The maximum atomic E-state index is 12.2. The zero-order chi connectivity index (χ0) is 20.9. The van der Waals surface area contributed by atoms with Crippen LogP contribution in [0.2, 0.25) is 0 Å². The number of anilines is 3. The molecule has 3 N–H and O–H groups in total. The van der Waals surface area contributed by atoms with Crippen LogP contribution in [0, 0.1) is 0 Å². The van der Waals surface area contributed by atoms with Gasteiger partial charge in [0.25, 0.3) is 0 Å². The second-order valence-electron chi connectivity index (χ2n) is 7.02. The quantitative estimate of drug-likeness (QED) is 0.567. The molecule has 0 bridgehead atoms. The summed E-state index contributed by atoms with van der Waals surface area (Å²) in [5, 5.41) is 9.14. The fraction of sp³-hybridized carbons (Fsp3) is 0.227. The molecule has 0 spiro atoms. The van der Waals surface area contributed by atoms with Gasteiger partial charge in [0.15, 0.2) is 0 Å². The lowest BCUT2D eigenvalue weighted by atomic mass is 10.1. The van der Waals surface area contributed by atoms with E-state index in [1.165, 1.54) is 6.33 Å². The molecular weight excluding hydrogens is 366 g/mol. The molecule has 3 rings (SSSR count). The number of para-hydroxylation sites is 1. The third-order valence-electron chi connectivity index (χ3n) is 4.66. The molecule has 3 aromatic rings. The van der Waals surface area contributed by atoms with Crippen molar-refractivity contribution < 1.29 is 9.53 Å². The number of nitrogens with zero attached hydrogens (tertiary/aromatic N) is 2. The van der Waals surface area contributed by atoms with E-state index in [0.29, 0.717) is 5.82 Å². The van der Waals surface area contributed by atoms with Crippen molar-refractivity contribution in [3.8, 4) is 17.0 Å². The molecule has 0 radical (unpaired) electrons. The molecule has 0 aliphatic rings. The number of hydrogen-bond acceptors (Lipinski definition) is 6. The summed E-state index contributed by atoms with van der Waals surface area (Å²) in [7, 11) is 3.39. The average molecular weight is 391 g/mol. The van der Waals surface area contributed by atoms with E-state index in [1.54, 1.807) is 14.2 Å². The van der Waals surface area contributed by atoms with Crippen molar-refractivity contribution in [2.75, 3.05) is 24.8 Å². The molecule has 1 aromatic heterocycles. The van der Waals surface area contributed by atoms with Gasteiger partial charge in [-0.3, -0.25) is 4.79 Å². The maximum absolute atomic E-state index is 12.2. The number of ether oxygens (including phenoxy) is 1. The first-order valence-electron chi connectivity index (χ1n) is 9.26. The van der Waals surface area contributed by atoms with Crippen LogP contribution in [0.1, 0.15) is 13.8 Å². The summed E-state index contributed by atoms with van der Waals surface area (Å²) >= 11 is 0. The van der Waals surface area contributed by atoms with Gasteiger partial charge in [-0.25, -0.2) is 9.97 Å². The number of rotatable bonds is 7. The normalized spacial score (nSPS) is 11.0. The fourth-order valence-corrected chi connectivity index (χ4v) is 2.61. The molecule has 0 fully saturated rings. The van der Waals surface area contributed by atoms with Crippen LogP contribution >= 0.6 is 0 Å². The summed E-state index contributed by atoms with van der Waals surface area (Å²) in [4.78, 5) is 20.9. The molecule has 0 saturated carbocycles. The number of amides is 1. The lowest BCUT2D eigenvalue weighted by molar-refractivity contribution is -0.121. The molecular formula is C22H25N5O2. The van der Waals surface area contributed by atoms with E-state index >= 15 is 0 Å². The van der Waals surface area contributed by atoms with Gasteiger partial charge in [-0.1, -0.05) is 12.1 Å². The lowest BCUT2D eigenvalue weighted by Crippen LogP contribution is -2.47. The van der Waals surface area contributed by atoms with Gasteiger partial charge < -0.3 is 20.7 Å². The molecule has 1 heterocycles. The Morgan fingerprint density at radius 1 is 1.00 bits per heavy atom. The number of carbonyl (C=O) groups excluding carboxylic acids is 1. The highest BCUT2D eigenvalue weighted by Crippen LogP contribution is 2.29. The van der Waals surface area contributed by atoms with Crippen molar-refractivity contribution in [1.29, 1.82) is 0 Å². The Balaban J connectivity index is 1.73. The van der Waals surface area contributed by atoms with Gasteiger partial charge in [0.05, 0.1) is 18.3 Å². The number of carbonyl (C=O) groups is 1. The molecule has 7 heteroatoms. The Labute approximate surface area is 170 Å². The van der Waals surface area contributed by atoms with Gasteiger partial charge in [-0.2, -0.15) is 0 Å². The van der Waals surface area contributed by atoms with E-state index < -0.39 is 5.54 Å². The van der Waals surface area contributed by atoms with Crippen molar-refractivity contribution >= 4 is 23.1 Å². The zero-order valence-electron chi connectivity index (χ0n) is 17.0. The van der Waals surface area contributed by atoms with Crippen LogP contribution in [0.15, 0.2) is 60.9 Å². The number of methoxy groups -OCH3 is 1. The molecule has 1 amide bonds. The van der Waals surface area contributed by atoms with Gasteiger partial charge >= 0.3 is 0 Å². The summed E-state index contributed by atoms with van der Waals surface area (Å²) in [6.07, 6.45) is 1.51. The smallest absolute Gasteiger partial charge is 0.244 e. The summed E-state index contributed by atoms with van der Waals surface area (Å²) in [6, 6.07) is 17.0. The Hall–Kier alpha value is -3.45. The minimum Gasteiger partial charge on any atom is -0.496 e. The fourth-order valence-electron chi connectivity index (χ4n) is 2.61. The first-order chi connectivity index (χ1) is 13.9. The molecule has 150 valence electrons. The third kappa shape index (κ3) is 4.89. The standard InChI is InChI=1S/C22H25N5O2/c1-22(2,23-3)21(28)27-16-11-9-15(10-12-16)26-20-13-18(24-14-25-20)17-7-5-6-8-19(17)29-4/h5-14,23H,1-4H3,(H,27,28)(H,24,25,26). The number of nitrogens with one attached hydrogen (secondary N) is 3. The van der Waals surface area contributed by atoms with Crippen molar-refractivity contribution in [3.63, 3.8) is 0 Å². The minimum atomic E-state index is -0.646. The van der Waals surface area contributed by atoms with Crippen LogP contribution in [-0.4, -0.2) is 35.6 Å². The molecule has 0 aliphatic heterocycles. The van der Waals surface area contributed by atoms with Crippen LogP contribution < -0.4 is 20.7 Å². The van der Waals surface area contributed by atoms with Crippen LogP contribution in [-0.2, 0) is 4.79 Å². The third-order valence-corrected chi connectivity index (χ3v) is 4.66. The number of likely N-dealkylation sites (N-methyl/N-ethyl adjacent to an activating group) is 1. The SMILES string of the molecule is CNC(C)(C)C(=O)Nc1ccc(Nc2cc(-c3ccccc3OC)ncn2)cc1. The number of aromatic nitrogens is 2. The van der Waals surface area contributed by atoms with Crippen LogP contribution in [0.3, 0.4) is 0 Å². The Bertz CT molecular complexity index is 987. The molecule has 0 atom stereocenters. The van der Waals surface area contributed by atoms with Gasteiger partial charge in [-0.15, -0.1) is 0 Å². The topological polar surface area (TPSA) is 88.2 Å². The van der Waals surface area contributed by atoms with Gasteiger partial charge in [-0.05, 0) is 57.3 Å². The monoisotopic (exact) mass is 391 g/mol. The number of benzene rings is 2. The van der Waals surface area contributed by atoms with Crippen molar-refractivity contribution in [2.45, 2.75) is 19.4 Å². The van der Waals surface area contributed by atoms with E-state index in [9.17, 15) is 4.79 Å². The van der Waals surface area contributed by atoms with Crippen LogP contribution in [0.25, 0.3) is 11.3 Å². The summed E-state index contributed by atoms with van der Waals surface area (Å²) in [6.45, 7) is 3.65. The summed E-state index contributed by atoms with van der Waals surface area (Å²) in [5.74, 6) is 1.31. The molecule has 0 aliphatic carbocycles. The Morgan fingerprint density at radius 3 is 2.38 bits per heavy atom. The molecule has 29 heavy (non-hydrogen) atoms. The average Bonchev–Trinajstić information content (AvgIpc) is 2.75. The highest BCUT2D eigenvalue weighted by atomic mass is 16.5. The predicted molar refractivity (Wildman–Crippen MR) is 116 cm³/mol. The van der Waals surface area contributed by atoms with Gasteiger partial charge in [0, 0.05) is 23.0 Å². The second-order valence-corrected chi connectivity index (χ2v) is 7.02. The minimum absolute atomic E-state index is 0.0991. The van der Waals surface area contributed by atoms with Crippen LogP contribution in [0.4, 0.5) is 17.2 Å². The Morgan fingerprint density at radius 2 is 1.69 bits per heavy atom. The van der Waals surface area contributed by atoms with Crippen LogP contribution in [0.5, 0.6) is 5.75 Å². The summed E-state index contributed by atoms with van der Waals surface area (Å²) < 4.78 is 5.41.